The van der Waals surface area contributed by atoms with E-state index in [9.17, 15) is 19.5 Å². The lowest BCUT2D eigenvalue weighted by atomic mass is 9.90. The molecule has 33 heavy (non-hydrogen) atoms. The van der Waals surface area contributed by atoms with Crippen molar-refractivity contribution >= 4 is 17.9 Å². The summed E-state index contributed by atoms with van der Waals surface area (Å²) >= 11 is 0. The molecule has 2 aliphatic heterocycles. The number of unbranched alkanes of at least 4 members (excludes halogenated alkanes) is 1. The van der Waals surface area contributed by atoms with Crippen molar-refractivity contribution in [1.82, 2.24) is 14.7 Å². The molecule has 1 N–H and O–H groups in total. The summed E-state index contributed by atoms with van der Waals surface area (Å²) in [5, 5.41) is 10.3. The van der Waals surface area contributed by atoms with Gasteiger partial charge in [-0.15, -0.1) is 0 Å². The summed E-state index contributed by atoms with van der Waals surface area (Å²) < 4.78 is 5.38. The zero-order valence-electron chi connectivity index (χ0n) is 19.4. The van der Waals surface area contributed by atoms with Gasteiger partial charge in [-0.05, 0) is 50.0 Å². The number of ether oxygens (including phenoxy) is 1. The molecule has 0 bridgehead atoms. The number of carbonyl (C=O) groups is 3. The molecule has 2 heterocycles. The van der Waals surface area contributed by atoms with Crippen LogP contribution in [0.25, 0.3) is 0 Å². The van der Waals surface area contributed by atoms with Crippen molar-refractivity contribution in [2.75, 3.05) is 32.7 Å². The third-order valence-electron chi connectivity index (χ3n) is 7.48. The number of hydrogen-bond donors (Lipinski definition) is 1. The van der Waals surface area contributed by atoms with Gasteiger partial charge in [0.1, 0.15) is 12.6 Å². The van der Waals surface area contributed by atoms with E-state index in [0.29, 0.717) is 39.0 Å². The van der Waals surface area contributed by atoms with Gasteiger partial charge in [0.2, 0.25) is 11.8 Å². The van der Waals surface area contributed by atoms with Gasteiger partial charge >= 0.3 is 6.09 Å². The van der Waals surface area contributed by atoms with Crippen molar-refractivity contribution in [2.45, 2.75) is 64.2 Å². The van der Waals surface area contributed by atoms with Crippen molar-refractivity contribution in [3.05, 3.63) is 35.9 Å². The number of likely N-dealkylation sites (tertiary alicyclic amines) is 1. The summed E-state index contributed by atoms with van der Waals surface area (Å²) in [4.78, 5) is 42.8. The van der Waals surface area contributed by atoms with Crippen LogP contribution in [0.1, 0.15) is 51.0 Å². The fourth-order valence-electron chi connectivity index (χ4n) is 4.93. The number of carbonyl (C=O) groups excluding carboxylic acids is 3. The van der Waals surface area contributed by atoms with Crippen LogP contribution in [-0.4, -0.2) is 82.6 Å². The second-order valence-corrected chi connectivity index (χ2v) is 9.66. The van der Waals surface area contributed by atoms with Crippen LogP contribution in [0.2, 0.25) is 0 Å². The minimum absolute atomic E-state index is 0.0851. The maximum absolute atomic E-state index is 12.8. The highest BCUT2D eigenvalue weighted by molar-refractivity contribution is 5.86. The van der Waals surface area contributed by atoms with E-state index in [1.165, 1.54) is 4.90 Å². The summed E-state index contributed by atoms with van der Waals surface area (Å²) in [6.45, 7) is 4.60. The maximum atomic E-state index is 12.8. The van der Waals surface area contributed by atoms with Gasteiger partial charge in [-0.25, -0.2) is 4.79 Å². The number of hydrogen-bond acceptors (Lipinski definition) is 5. The Labute approximate surface area is 195 Å². The first-order valence-electron chi connectivity index (χ1n) is 12.1. The molecule has 1 spiro atoms. The third kappa shape index (κ3) is 5.49. The van der Waals surface area contributed by atoms with Gasteiger partial charge in [0.15, 0.2) is 0 Å². The Morgan fingerprint density at radius 2 is 1.85 bits per heavy atom. The molecule has 3 amide bonds. The molecule has 8 heteroatoms. The van der Waals surface area contributed by atoms with Gasteiger partial charge in [0.25, 0.3) is 0 Å². The van der Waals surface area contributed by atoms with E-state index in [1.54, 1.807) is 16.7 Å². The van der Waals surface area contributed by atoms with Crippen LogP contribution in [0.5, 0.6) is 0 Å². The van der Waals surface area contributed by atoms with Crippen LogP contribution >= 0.6 is 0 Å². The van der Waals surface area contributed by atoms with Crippen molar-refractivity contribution in [2.24, 2.45) is 5.41 Å². The predicted octanol–water partition coefficient (Wildman–Crippen LogP) is 2.40. The molecular formula is C25H35N3O5. The van der Waals surface area contributed by atoms with E-state index < -0.39 is 12.1 Å². The number of aliphatic hydroxyl groups excluding tert-OH is 1. The quantitative estimate of drug-likeness (QED) is 0.635. The highest BCUT2D eigenvalue weighted by Crippen LogP contribution is 2.53. The molecule has 3 fully saturated rings. The fraction of sp³-hybridized carbons (Fsp3) is 0.640. The van der Waals surface area contributed by atoms with E-state index in [1.807, 2.05) is 30.3 Å². The molecule has 2 unspecified atom stereocenters. The number of piperidine rings is 1. The van der Waals surface area contributed by atoms with E-state index in [0.717, 1.165) is 37.8 Å². The van der Waals surface area contributed by atoms with E-state index in [4.69, 9.17) is 4.74 Å². The van der Waals surface area contributed by atoms with E-state index in [2.05, 4.69) is 0 Å². The molecule has 1 aliphatic carbocycles. The van der Waals surface area contributed by atoms with E-state index in [-0.39, 0.29) is 29.9 Å². The van der Waals surface area contributed by atoms with Crippen LogP contribution in [0.15, 0.2) is 30.3 Å². The first-order chi connectivity index (χ1) is 15.9. The fourth-order valence-corrected chi connectivity index (χ4v) is 4.93. The van der Waals surface area contributed by atoms with E-state index >= 15 is 0 Å². The Kier molecular flexibility index (Phi) is 7.22. The molecule has 2 atom stereocenters. The molecule has 3 aliphatic rings. The number of amides is 3. The first kappa shape index (κ1) is 23.5. The lowest BCUT2D eigenvalue weighted by Crippen LogP contribution is -2.57. The molecular weight excluding hydrogens is 422 g/mol. The average Bonchev–Trinajstić information content (AvgIpc) is 3.61. The van der Waals surface area contributed by atoms with Crippen LogP contribution in [0.4, 0.5) is 4.79 Å². The van der Waals surface area contributed by atoms with Crippen molar-refractivity contribution in [1.29, 1.82) is 0 Å². The zero-order valence-corrected chi connectivity index (χ0v) is 19.4. The molecule has 180 valence electrons. The van der Waals surface area contributed by atoms with Crippen LogP contribution < -0.4 is 0 Å². The topological polar surface area (TPSA) is 90.4 Å². The largest absolute Gasteiger partial charge is 0.445 e. The number of β-amino-alcohol motifs (C(OH)–C–C–N with tert-alkyl or cyclic N) is 1. The highest BCUT2D eigenvalue weighted by atomic mass is 16.6. The number of benzene rings is 1. The van der Waals surface area contributed by atoms with Crippen LogP contribution in [0.3, 0.4) is 0 Å². The molecule has 1 aromatic rings. The van der Waals surface area contributed by atoms with Gasteiger partial charge in [-0.2, -0.15) is 0 Å². The molecule has 4 rings (SSSR count). The Bertz CT molecular complexity index is 857. The van der Waals surface area contributed by atoms with Crippen molar-refractivity contribution in [3.8, 4) is 0 Å². The number of aliphatic hydroxyl groups is 1. The second kappa shape index (κ2) is 10.1. The van der Waals surface area contributed by atoms with Gasteiger partial charge < -0.3 is 19.6 Å². The monoisotopic (exact) mass is 457 g/mol. The smallest absolute Gasteiger partial charge is 0.410 e. The SMILES string of the molecule is CC1C(=O)N(CCCCC(=O)N2CCC3(CC3)C(O)C2)CCN1C(=O)OCc1ccccc1. The number of piperazine rings is 1. The maximum Gasteiger partial charge on any atom is 0.410 e. The highest BCUT2D eigenvalue weighted by Gasteiger charge is 2.51. The molecule has 1 aromatic carbocycles. The summed E-state index contributed by atoms with van der Waals surface area (Å²) in [5.74, 6) is 0.00773. The Morgan fingerprint density at radius 1 is 1.09 bits per heavy atom. The van der Waals surface area contributed by atoms with Crippen LogP contribution in [-0.2, 0) is 20.9 Å². The average molecular weight is 458 g/mol. The van der Waals surface area contributed by atoms with Gasteiger partial charge in [-0.3, -0.25) is 14.5 Å². The van der Waals surface area contributed by atoms with Gasteiger partial charge in [0, 0.05) is 39.1 Å². The number of rotatable bonds is 7. The van der Waals surface area contributed by atoms with Crippen molar-refractivity contribution < 1.29 is 24.2 Å². The lowest BCUT2D eigenvalue weighted by Gasteiger charge is -2.38. The summed E-state index contributed by atoms with van der Waals surface area (Å²) in [6.07, 6.45) is 4.10. The molecule has 1 saturated carbocycles. The van der Waals surface area contributed by atoms with Gasteiger partial charge in [0.05, 0.1) is 6.10 Å². The molecule has 2 saturated heterocycles. The standard InChI is InChI=1S/C25H35N3O5/c1-19-23(31)26(15-16-28(19)24(32)33-18-20-7-3-2-4-8-20)13-6-5-9-22(30)27-14-12-25(10-11-25)21(29)17-27/h2-4,7-8,19,21,29H,5-6,9-18H2,1H3. The zero-order chi connectivity index (χ0) is 23.4. The summed E-state index contributed by atoms with van der Waals surface area (Å²) in [5.41, 5.74) is 1.01. The second-order valence-electron chi connectivity index (χ2n) is 9.66. The minimum Gasteiger partial charge on any atom is -0.445 e. The van der Waals surface area contributed by atoms with Crippen LogP contribution in [0, 0.1) is 5.41 Å². The third-order valence-corrected chi connectivity index (χ3v) is 7.48. The molecule has 0 aromatic heterocycles. The van der Waals surface area contributed by atoms with Gasteiger partial charge in [-0.1, -0.05) is 30.3 Å². The summed E-state index contributed by atoms with van der Waals surface area (Å²) in [7, 11) is 0. The Balaban J connectivity index is 1.15. The predicted molar refractivity (Wildman–Crippen MR) is 122 cm³/mol. The van der Waals surface area contributed by atoms with Crippen molar-refractivity contribution in [3.63, 3.8) is 0 Å². The molecule has 0 radical (unpaired) electrons. The normalized spacial score (nSPS) is 24.2. The minimum atomic E-state index is -0.562. The Morgan fingerprint density at radius 3 is 2.55 bits per heavy atom. The lowest BCUT2D eigenvalue weighted by molar-refractivity contribution is -0.140. The first-order valence-corrected chi connectivity index (χ1v) is 12.1. The Hall–Kier alpha value is -2.61. The summed E-state index contributed by atoms with van der Waals surface area (Å²) in [6, 6.07) is 8.90. The molecule has 8 nitrogen and oxygen atoms in total. The number of nitrogens with zero attached hydrogens (tertiary/aromatic N) is 3.